The molecule has 1 aromatic carbocycles. The number of ether oxygens (including phenoxy) is 1. The maximum atomic E-state index is 4.97. The molecule has 0 atom stereocenters. The van der Waals surface area contributed by atoms with E-state index in [1.807, 2.05) is 30.5 Å². The van der Waals surface area contributed by atoms with Crippen LogP contribution >= 0.6 is 0 Å². The van der Waals surface area contributed by atoms with Crippen LogP contribution in [0.2, 0.25) is 0 Å². The van der Waals surface area contributed by atoms with Crippen molar-refractivity contribution >= 4 is 0 Å². The summed E-state index contributed by atoms with van der Waals surface area (Å²) in [6.45, 7) is 0. The third-order valence-electron chi connectivity index (χ3n) is 1.71. The zero-order chi connectivity index (χ0) is 9.10. The molecule has 0 radical (unpaired) electrons. The molecule has 0 N–H and O–H groups in total. The summed E-state index contributed by atoms with van der Waals surface area (Å²) >= 11 is 0. The van der Waals surface area contributed by atoms with E-state index in [2.05, 4.69) is 11.2 Å². The van der Waals surface area contributed by atoms with Crippen molar-refractivity contribution in [3.8, 4) is 11.6 Å². The molecule has 0 unspecified atom stereocenters. The van der Waals surface area contributed by atoms with Gasteiger partial charge in [-0.15, -0.1) is 11.2 Å². The van der Waals surface area contributed by atoms with Crippen LogP contribution < -0.4 is 4.74 Å². The first-order valence-electron chi connectivity index (χ1n) is 3.97. The second kappa shape index (κ2) is 4.96. The number of methoxy groups -OCH3 is 1. The Labute approximate surface area is 97.0 Å². The summed E-state index contributed by atoms with van der Waals surface area (Å²) in [6, 6.07) is 12.5. The molecule has 76 valence electrons. The van der Waals surface area contributed by atoms with E-state index in [9.17, 15) is 0 Å². The van der Waals surface area contributed by atoms with Gasteiger partial charge in [0, 0.05) is 33.3 Å². The average Bonchev–Trinajstić information content (AvgIpc) is 2.67. The first kappa shape index (κ1) is 11.0. The Hall–Kier alpha value is -1.08. The maximum Gasteiger partial charge on any atom is 0.232 e. The van der Waals surface area contributed by atoms with Gasteiger partial charge in [-0.25, -0.2) is 0 Å². The molecule has 0 spiro atoms. The minimum absolute atomic E-state index is 0. The molecule has 3 nitrogen and oxygen atoms in total. The Kier molecular flexibility index (Phi) is 3.90. The summed E-state index contributed by atoms with van der Waals surface area (Å²) in [4.78, 5) is 0. The van der Waals surface area contributed by atoms with Crippen LogP contribution in [-0.2, 0) is 21.1 Å². The number of nitrogens with zero attached hydrogens (tertiary/aromatic N) is 2. The van der Waals surface area contributed by atoms with E-state index in [-0.39, 0.29) is 21.1 Å². The summed E-state index contributed by atoms with van der Waals surface area (Å²) < 4.78 is 6.69. The van der Waals surface area contributed by atoms with Crippen LogP contribution in [0.3, 0.4) is 0 Å². The molecule has 4 heteroatoms. The summed E-state index contributed by atoms with van der Waals surface area (Å²) in [7, 11) is 1.60. The second-order valence-corrected chi connectivity index (χ2v) is 2.55. The zero-order valence-electron chi connectivity index (χ0n) is 7.58. The van der Waals surface area contributed by atoms with E-state index >= 15 is 0 Å². The molecule has 1 heterocycles. The van der Waals surface area contributed by atoms with Gasteiger partial charge < -0.3 is 4.74 Å². The van der Waals surface area contributed by atoms with E-state index in [0.29, 0.717) is 5.88 Å². The summed E-state index contributed by atoms with van der Waals surface area (Å²) in [6.07, 6.45) is 1.84. The number of para-hydroxylation sites is 1. The SMILES string of the molecule is COc1ccn(-c2[c-]cccc2)n1.[Pt]. The van der Waals surface area contributed by atoms with Gasteiger partial charge in [-0.05, 0) is 5.69 Å². The third-order valence-corrected chi connectivity index (χ3v) is 1.71. The van der Waals surface area contributed by atoms with E-state index in [1.54, 1.807) is 17.9 Å². The van der Waals surface area contributed by atoms with E-state index in [0.717, 1.165) is 5.69 Å². The molecule has 0 aliphatic rings. The van der Waals surface area contributed by atoms with Crippen molar-refractivity contribution in [3.05, 3.63) is 42.6 Å². The molecule has 0 aliphatic heterocycles. The molecule has 14 heavy (non-hydrogen) atoms. The van der Waals surface area contributed by atoms with Crippen molar-refractivity contribution in [3.63, 3.8) is 0 Å². The van der Waals surface area contributed by atoms with Gasteiger partial charge in [-0.1, -0.05) is 0 Å². The number of hydrogen-bond donors (Lipinski definition) is 0. The maximum absolute atomic E-state index is 4.97. The normalized spacial score (nSPS) is 9.21. The largest absolute Gasteiger partial charge is 0.480 e. The Balaban J connectivity index is 0.000000980. The van der Waals surface area contributed by atoms with Gasteiger partial charge in [-0.3, -0.25) is 4.68 Å². The van der Waals surface area contributed by atoms with Crippen LogP contribution in [0.5, 0.6) is 5.88 Å². The molecule has 0 fully saturated rings. The van der Waals surface area contributed by atoms with Crippen molar-refractivity contribution < 1.29 is 25.8 Å². The molecule has 0 aliphatic carbocycles. The quantitative estimate of drug-likeness (QED) is 0.755. The van der Waals surface area contributed by atoms with E-state index < -0.39 is 0 Å². The molecule has 0 bridgehead atoms. The smallest absolute Gasteiger partial charge is 0.232 e. The molecular formula is C10H9N2OPt-. The monoisotopic (exact) mass is 368 g/mol. The van der Waals surface area contributed by atoms with Gasteiger partial charge in [0.1, 0.15) is 0 Å². The minimum atomic E-state index is 0. The van der Waals surface area contributed by atoms with Crippen LogP contribution in [0.15, 0.2) is 36.5 Å². The molecule has 0 saturated carbocycles. The van der Waals surface area contributed by atoms with Crippen LogP contribution in [-0.4, -0.2) is 16.9 Å². The Morgan fingerprint density at radius 1 is 1.36 bits per heavy atom. The Bertz CT molecular complexity index is 386. The van der Waals surface area contributed by atoms with Crippen molar-refractivity contribution in [1.82, 2.24) is 9.78 Å². The fourth-order valence-corrected chi connectivity index (χ4v) is 1.08. The molecule has 2 rings (SSSR count). The van der Waals surface area contributed by atoms with Gasteiger partial charge in [0.15, 0.2) is 0 Å². The summed E-state index contributed by atoms with van der Waals surface area (Å²) in [5.74, 6) is 0.609. The fraction of sp³-hybridized carbons (Fsp3) is 0.100. The van der Waals surface area contributed by atoms with Crippen molar-refractivity contribution in [2.75, 3.05) is 7.11 Å². The average molecular weight is 368 g/mol. The van der Waals surface area contributed by atoms with Crippen LogP contribution in [0.4, 0.5) is 0 Å². The van der Waals surface area contributed by atoms with Crippen molar-refractivity contribution in [2.45, 2.75) is 0 Å². The van der Waals surface area contributed by atoms with Gasteiger partial charge >= 0.3 is 0 Å². The van der Waals surface area contributed by atoms with E-state index in [4.69, 9.17) is 4.74 Å². The number of rotatable bonds is 2. The van der Waals surface area contributed by atoms with Crippen LogP contribution in [0.1, 0.15) is 0 Å². The van der Waals surface area contributed by atoms with Crippen molar-refractivity contribution in [2.24, 2.45) is 0 Å². The second-order valence-electron chi connectivity index (χ2n) is 2.55. The Morgan fingerprint density at radius 3 is 2.79 bits per heavy atom. The summed E-state index contributed by atoms with van der Waals surface area (Å²) in [5.41, 5.74) is 0.908. The topological polar surface area (TPSA) is 27.1 Å². The molecule has 0 amide bonds. The van der Waals surface area contributed by atoms with E-state index in [1.165, 1.54) is 0 Å². The predicted octanol–water partition coefficient (Wildman–Crippen LogP) is 1.68. The molecule has 2 aromatic rings. The standard InChI is InChI=1S/C10H9N2O.Pt/c1-13-10-7-8-12(11-10)9-5-3-2-4-6-9;/h2-5,7-8H,1H3;/q-1;. The number of aromatic nitrogens is 2. The van der Waals surface area contributed by atoms with Gasteiger partial charge in [-0.2, -0.15) is 24.3 Å². The zero-order valence-corrected chi connectivity index (χ0v) is 9.86. The molecule has 1 aromatic heterocycles. The summed E-state index contributed by atoms with van der Waals surface area (Å²) in [5, 5.41) is 4.16. The molecule has 0 saturated heterocycles. The third kappa shape index (κ3) is 2.24. The minimum Gasteiger partial charge on any atom is -0.480 e. The fourth-order valence-electron chi connectivity index (χ4n) is 1.08. The van der Waals surface area contributed by atoms with Gasteiger partial charge in [0.25, 0.3) is 0 Å². The van der Waals surface area contributed by atoms with Gasteiger partial charge in [0.2, 0.25) is 5.88 Å². The van der Waals surface area contributed by atoms with Crippen LogP contribution in [0.25, 0.3) is 5.69 Å². The van der Waals surface area contributed by atoms with Gasteiger partial charge in [0.05, 0.1) is 7.11 Å². The first-order chi connectivity index (χ1) is 6.40. The predicted molar refractivity (Wildman–Crippen MR) is 49.0 cm³/mol. The van der Waals surface area contributed by atoms with Crippen LogP contribution in [0, 0.1) is 6.07 Å². The first-order valence-corrected chi connectivity index (χ1v) is 3.97. The number of benzene rings is 1. The van der Waals surface area contributed by atoms with Crippen molar-refractivity contribution in [1.29, 1.82) is 0 Å². The Morgan fingerprint density at radius 2 is 2.21 bits per heavy atom. The molecular weight excluding hydrogens is 359 g/mol. The number of hydrogen-bond acceptors (Lipinski definition) is 2.